The number of carbonyl (C=O) groups excluding carboxylic acids is 1. The summed E-state index contributed by atoms with van der Waals surface area (Å²) < 4.78 is 38.0. The van der Waals surface area contributed by atoms with Gasteiger partial charge in [-0.15, -0.1) is 10.6 Å². The van der Waals surface area contributed by atoms with E-state index < -0.39 is 17.5 Å². The molecule has 0 saturated carbocycles. The molecule has 2 aromatic carbocycles. The molecule has 0 amide bonds. The Labute approximate surface area is 155 Å². The highest BCUT2D eigenvalue weighted by Gasteiger charge is 2.30. The average molecular weight is 398 g/mol. The van der Waals surface area contributed by atoms with Crippen molar-refractivity contribution in [3.63, 3.8) is 0 Å². The molecular weight excluding hydrogens is 385 g/mol. The smallest absolute Gasteiger partial charge is 0.416 e. The van der Waals surface area contributed by atoms with Crippen LogP contribution >= 0.6 is 11.8 Å². The SMILES string of the molecule is O=C(CSC1=NNNN1c1ccc(C(F)(F)F)cc1)c1ccc(O)c(O)c1. The number of hydrogen-bond donors (Lipinski definition) is 4. The van der Waals surface area contributed by atoms with Crippen molar-refractivity contribution in [2.45, 2.75) is 6.18 Å². The van der Waals surface area contributed by atoms with Crippen LogP contribution in [0.15, 0.2) is 47.6 Å². The van der Waals surface area contributed by atoms with E-state index in [1.807, 2.05) is 0 Å². The van der Waals surface area contributed by atoms with Crippen molar-refractivity contribution in [3.05, 3.63) is 53.6 Å². The zero-order valence-electron chi connectivity index (χ0n) is 13.5. The number of phenolic OH excluding ortho intramolecular Hbond substituents is 2. The minimum Gasteiger partial charge on any atom is -0.504 e. The molecule has 0 fully saturated rings. The van der Waals surface area contributed by atoms with E-state index in [0.29, 0.717) is 10.9 Å². The fraction of sp³-hybridized carbons (Fsp3) is 0.125. The molecule has 142 valence electrons. The van der Waals surface area contributed by atoms with E-state index in [2.05, 4.69) is 16.2 Å². The van der Waals surface area contributed by atoms with Crippen LogP contribution in [0.25, 0.3) is 0 Å². The molecule has 11 heteroatoms. The van der Waals surface area contributed by atoms with E-state index in [4.69, 9.17) is 0 Å². The summed E-state index contributed by atoms with van der Waals surface area (Å²) in [6.07, 6.45) is -4.43. The molecule has 0 spiro atoms. The maximum absolute atomic E-state index is 12.7. The number of alkyl halides is 3. The second kappa shape index (κ2) is 7.37. The lowest BCUT2D eigenvalue weighted by molar-refractivity contribution is -0.137. The molecule has 0 atom stereocenters. The number of rotatable bonds is 4. The Balaban J connectivity index is 1.66. The van der Waals surface area contributed by atoms with Crippen LogP contribution in [0.1, 0.15) is 15.9 Å². The van der Waals surface area contributed by atoms with Crippen LogP contribution in [0.2, 0.25) is 0 Å². The maximum atomic E-state index is 12.7. The standard InChI is InChI=1S/C16H13F3N4O3S/c17-16(18,19)10-2-4-11(5-3-10)23-15(20-21-22-23)27-8-14(26)9-1-6-12(24)13(25)7-9/h1-7,21-22,24-25H,8H2. The van der Waals surface area contributed by atoms with Gasteiger partial charge >= 0.3 is 6.18 Å². The van der Waals surface area contributed by atoms with Crippen LogP contribution in [-0.4, -0.2) is 26.9 Å². The Morgan fingerprint density at radius 3 is 2.44 bits per heavy atom. The largest absolute Gasteiger partial charge is 0.504 e. The molecule has 0 aromatic heterocycles. The molecule has 1 aliphatic rings. The van der Waals surface area contributed by atoms with Gasteiger partial charge in [0.15, 0.2) is 17.3 Å². The van der Waals surface area contributed by atoms with Crippen molar-refractivity contribution < 1.29 is 28.2 Å². The van der Waals surface area contributed by atoms with Crippen LogP contribution in [0.4, 0.5) is 18.9 Å². The number of amidine groups is 1. The molecular formula is C16H13F3N4O3S. The molecule has 1 heterocycles. The third-order valence-electron chi connectivity index (χ3n) is 3.59. The summed E-state index contributed by atoms with van der Waals surface area (Å²) in [6.45, 7) is 0. The van der Waals surface area contributed by atoms with Gasteiger partial charge in [-0.1, -0.05) is 11.8 Å². The van der Waals surface area contributed by atoms with Crippen molar-refractivity contribution in [2.75, 3.05) is 10.8 Å². The lowest BCUT2D eigenvalue weighted by Crippen LogP contribution is -2.40. The number of anilines is 1. The average Bonchev–Trinajstić information content (AvgIpc) is 3.10. The quantitative estimate of drug-likeness (QED) is 0.465. The third kappa shape index (κ3) is 4.26. The second-order valence-electron chi connectivity index (χ2n) is 5.41. The number of hydrazone groups is 1. The fourth-order valence-corrected chi connectivity index (χ4v) is 3.02. The maximum Gasteiger partial charge on any atom is 0.416 e. The number of thioether (sulfide) groups is 1. The minimum atomic E-state index is -4.43. The van der Waals surface area contributed by atoms with E-state index in [-0.39, 0.29) is 22.8 Å². The second-order valence-corrected chi connectivity index (χ2v) is 6.36. The van der Waals surface area contributed by atoms with Gasteiger partial charge in [0.05, 0.1) is 17.0 Å². The first kappa shape index (κ1) is 18.9. The van der Waals surface area contributed by atoms with Gasteiger partial charge in [-0.2, -0.15) is 13.2 Å². The zero-order valence-corrected chi connectivity index (χ0v) is 14.3. The Kier molecular flexibility index (Phi) is 5.15. The first-order valence-corrected chi connectivity index (χ1v) is 8.48. The summed E-state index contributed by atoms with van der Waals surface area (Å²) in [5.74, 6) is -1.10. The Hall–Kier alpha value is -2.92. The summed E-state index contributed by atoms with van der Waals surface area (Å²) in [7, 11) is 0. The van der Waals surface area contributed by atoms with Crippen LogP contribution in [0, 0.1) is 0 Å². The van der Waals surface area contributed by atoms with Gasteiger partial charge in [0, 0.05) is 5.56 Å². The lowest BCUT2D eigenvalue weighted by atomic mass is 10.1. The molecule has 27 heavy (non-hydrogen) atoms. The number of nitrogens with zero attached hydrogens (tertiary/aromatic N) is 2. The van der Waals surface area contributed by atoms with E-state index in [1.165, 1.54) is 29.3 Å². The number of phenols is 2. The molecule has 0 bridgehead atoms. The van der Waals surface area contributed by atoms with E-state index in [0.717, 1.165) is 30.0 Å². The number of halogens is 3. The predicted octanol–water partition coefficient (Wildman–Crippen LogP) is 2.83. The van der Waals surface area contributed by atoms with Gasteiger partial charge in [0.25, 0.3) is 0 Å². The molecule has 1 aliphatic heterocycles. The summed E-state index contributed by atoms with van der Waals surface area (Å²) in [5.41, 5.74) is 4.97. The summed E-state index contributed by atoms with van der Waals surface area (Å²) >= 11 is 1.04. The molecule has 0 saturated heterocycles. The lowest BCUT2D eigenvalue weighted by Gasteiger charge is -2.19. The van der Waals surface area contributed by atoms with E-state index in [9.17, 15) is 28.2 Å². The topological polar surface area (TPSA) is 97.2 Å². The first-order valence-electron chi connectivity index (χ1n) is 7.49. The van der Waals surface area contributed by atoms with Crippen molar-refractivity contribution in [1.29, 1.82) is 0 Å². The Morgan fingerprint density at radius 2 is 1.81 bits per heavy atom. The number of carbonyl (C=O) groups is 1. The molecule has 0 radical (unpaired) electrons. The zero-order chi connectivity index (χ0) is 19.6. The summed E-state index contributed by atoms with van der Waals surface area (Å²) in [6, 6.07) is 8.18. The molecule has 2 aromatic rings. The van der Waals surface area contributed by atoms with E-state index in [1.54, 1.807) is 0 Å². The van der Waals surface area contributed by atoms with Gasteiger partial charge in [0.2, 0.25) is 5.17 Å². The molecule has 4 N–H and O–H groups in total. The predicted molar refractivity (Wildman–Crippen MR) is 94.2 cm³/mol. The van der Waals surface area contributed by atoms with Crippen LogP contribution in [0.3, 0.4) is 0 Å². The summed E-state index contributed by atoms with van der Waals surface area (Å²) in [5, 5.41) is 24.4. The number of ketones is 1. The van der Waals surface area contributed by atoms with Gasteiger partial charge in [-0.25, -0.2) is 10.5 Å². The minimum absolute atomic E-state index is 0.0382. The third-order valence-corrected chi connectivity index (χ3v) is 4.53. The molecule has 7 nitrogen and oxygen atoms in total. The van der Waals surface area contributed by atoms with Gasteiger partial charge < -0.3 is 10.2 Å². The molecule has 0 aliphatic carbocycles. The van der Waals surface area contributed by atoms with Crippen molar-refractivity contribution in [3.8, 4) is 11.5 Å². The molecule has 3 rings (SSSR count). The number of hydrazine groups is 2. The van der Waals surface area contributed by atoms with Crippen LogP contribution in [-0.2, 0) is 6.18 Å². The van der Waals surface area contributed by atoms with Crippen molar-refractivity contribution >= 4 is 28.4 Å². The van der Waals surface area contributed by atoms with Gasteiger partial charge in [0.1, 0.15) is 0 Å². The Morgan fingerprint density at radius 1 is 1.11 bits per heavy atom. The number of nitrogens with one attached hydrogen (secondary N) is 2. The van der Waals surface area contributed by atoms with Gasteiger partial charge in [-0.05, 0) is 42.5 Å². The highest BCUT2D eigenvalue weighted by Crippen LogP contribution is 2.31. The normalized spacial score (nSPS) is 14.0. The highest BCUT2D eigenvalue weighted by molar-refractivity contribution is 8.14. The van der Waals surface area contributed by atoms with E-state index >= 15 is 0 Å². The number of Topliss-reactive ketones (excluding diaryl/α,β-unsaturated/α-hetero) is 1. The fourth-order valence-electron chi connectivity index (χ4n) is 2.20. The number of hydrogen-bond acceptors (Lipinski definition) is 8. The number of aromatic hydroxyl groups is 2. The first-order chi connectivity index (χ1) is 12.8. The number of benzene rings is 2. The van der Waals surface area contributed by atoms with Crippen LogP contribution in [0.5, 0.6) is 11.5 Å². The summed E-state index contributed by atoms with van der Waals surface area (Å²) in [4.78, 5) is 12.2. The van der Waals surface area contributed by atoms with Crippen LogP contribution < -0.4 is 16.1 Å². The van der Waals surface area contributed by atoms with Crippen molar-refractivity contribution in [2.24, 2.45) is 5.10 Å². The monoisotopic (exact) mass is 398 g/mol. The highest BCUT2D eigenvalue weighted by atomic mass is 32.2. The van der Waals surface area contributed by atoms with Gasteiger partial charge in [-0.3, -0.25) is 4.79 Å². The van der Waals surface area contributed by atoms with Crippen molar-refractivity contribution in [1.82, 2.24) is 11.1 Å². The molecule has 0 unspecified atom stereocenters. The Bertz CT molecular complexity index is 887.